The molecule has 29 heavy (non-hydrogen) atoms. The first-order chi connectivity index (χ1) is 13.7. The second-order valence-corrected chi connectivity index (χ2v) is 12.6. The third-order valence-corrected chi connectivity index (χ3v) is 10.7. The van der Waals surface area contributed by atoms with Crippen molar-refractivity contribution in [1.82, 2.24) is 0 Å². The first kappa shape index (κ1) is 21.9. The van der Waals surface area contributed by atoms with Crippen LogP contribution in [0.5, 0.6) is 0 Å². The summed E-state index contributed by atoms with van der Waals surface area (Å²) in [7, 11) is 0. The zero-order valence-electron chi connectivity index (χ0n) is 20.3. The van der Waals surface area contributed by atoms with Gasteiger partial charge in [-0.15, -0.1) is 0 Å². The molecule has 1 nitrogen and oxygen atoms in total. The van der Waals surface area contributed by atoms with Crippen molar-refractivity contribution in [2.45, 2.75) is 118 Å². The topological polar surface area (TPSA) is 20.2 Å². The summed E-state index contributed by atoms with van der Waals surface area (Å²) in [5.74, 6) is 4.73. The molecule has 166 valence electrons. The minimum absolute atomic E-state index is 0.0633. The van der Waals surface area contributed by atoms with Gasteiger partial charge in [-0.3, -0.25) is 0 Å². The maximum atomic E-state index is 10.5. The largest absolute Gasteiger partial charge is 0.393 e. The third kappa shape index (κ3) is 3.56. The Balaban J connectivity index is 1.54. The van der Waals surface area contributed by atoms with Crippen molar-refractivity contribution in [3.63, 3.8) is 0 Å². The molecule has 0 bridgehead atoms. The summed E-state index contributed by atoms with van der Waals surface area (Å²) in [5.41, 5.74) is 4.73. The quantitative estimate of drug-likeness (QED) is 0.467. The summed E-state index contributed by atoms with van der Waals surface area (Å²) in [6, 6.07) is 0. The standard InChI is InChI=1S/C28H48O/c1-18(2)8-7-9-19(3)22-12-13-24-21-10-11-23-20(4)26(29)15-17-28(23,6)25(21)14-16-27(22,24)5/h18-20,22-24,26,29H,7-17H2,1-6H3/t19-,20+,22-,23+,24-,26-,27-,28-/m1/s1. The van der Waals surface area contributed by atoms with Crippen LogP contribution in [0.3, 0.4) is 0 Å². The highest BCUT2D eigenvalue weighted by atomic mass is 16.3. The molecule has 0 aliphatic heterocycles. The molecule has 0 radical (unpaired) electrons. The van der Waals surface area contributed by atoms with Gasteiger partial charge in [-0.2, -0.15) is 0 Å². The van der Waals surface area contributed by atoms with Crippen molar-refractivity contribution >= 4 is 0 Å². The summed E-state index contributed by atoms with van der Waals surface area (Å²) in [6.07, 6.45) is 14.8. The van der Waals surface area contributed by atoms with Crippen LogP contribution in [0.2, 0.25) is 0 Å². The van der Waals surface area contributed by atoms with Crippen molar-refractivity contribution in [1.29, 1.82) is 0 Å². The van der Waals surface area contributed by atoms with E-state index in [0.717, 1.165) is 30.1 Å². The highest BCUT2D eigenvalue weighted by Gasteiger charge is 2.56. The summed E-state index contributed by atoms with van der Waals surface area (Å²) in [5, 5.41) is 10.5. The lowest BCUT2D eigenvalue weighted by Crippen LogP contribution is -2.49. The van der Waals surface area contributed by atoms with Crippen LogP contribution in [0.25, 0.3) is 0 Å². The Bertz CT molecular complexity index is 632. The van der Waals surface area contributed by atoms with Gasteiger partial charge in [0.15, 0.2) is 0 Å². The molecule has 0 heterocycles. The molecule has 0 spiro atoms. The molecule has 8 atom stereocenters. The number of rotatable bonds is 5. The zero-order valence-corrected chi connectivity index (χ0v) is 20.3. The van der Waals surface area contributed by atoms with E-state index >= 15 is 0 Å². The summed E-state index contributed by atoms with van der Waals surface area (Å²) in [4.78, 5) is 0. The molecule has 0 unspecified atom stereocenters. The van der Waals surface area contributed by atoms with Crippen molar-refractivity contribution in [3.05, 3.63) is 11.1 Å². The lowest BCUT2D eigenvalue weighted by molar-refractivity contribution is -0.0336. The minimum Gasteiger partial charge on any atom is -0.393 e. The highest BCUT2D eigenvalue weighted by Crippen LogP contribution is 2.66. The van der Waals surface area contributed by atoms with Crippen LogP contribution < -0.4 is 0 Å². The monoisotopic (exact) mass is 400 g/mol. The maximum absolute atomic E-state index is 10.5. The van der Waals surface area contributed by atoms with Crippen molar-refractivity contribution in [2.24, 2.45) is 46.3 Å². The first-order valence-corrected chi connectivity index (χ1v) is 13.1. The second-order valence-electron chi connectivity index (χ2n) is 12.6. The Hall–Kier alpha value is -0.300. The zero-order chi connectivity index (χ0) is 21.0. The summed E-state index contributed by atoms with van der Waals surface area (Å²) < 4.78 is 0. The van der Waals surface area contributed by atoms with Crippen LogP contribution in [0.4, 0.5) is 0 Å². The number of aliphatic hydroxyl groups is 1. The van der Waals surface area contributed by atoms with Gasteiger partial charge in [-0.05, 0) is 97.7 Å². The van der Waals surface area contributed by atoms with Crippen molar-refractivity contribution < 1.29 is 5.11 Å². The molecule has 4 aliphatic rings. The third-order valence-electron chi connectivity index (χ3n) is 10.7. The minimum atomic E-state index is -0.0633. The van der Waals surface area contributed by atoms with Gasteiger partial charge in [-0.25, -0.2) is 0 Å². The maximum Gasteiger partial charge on any atom is 0.0569 e. The van der Waals surface area contributed by atoms with Crippen LogP contribution in [0.15, 0.2) is 11.1 Å². The average molecular weight is 401 g/mol. The van der Waals surface area contributed by atoms with Crippen LogP contribution in [0, 0.1) is 46.3 Å². The summed E-state index contributed by atoms with van der Waals surface area (Å²) in [6.45, 7) is 14.9. The van der Waals surface area contributed by atoms with Crippen LogP contribution in [0.1, 0.15) is 112 Å². The Labute approximate surface area is 181 Å². The predicted molar refractivity (Wildman–Crippen MR) is 124 cm³/mol. The predicted octanol–water partition coefficient (Wildman–Crippen LogP) is 7.78. The van der Waals surface area contributed by atoms with E-state index in [1.807, 2.05) is 11.1 Å². The second kappa shape index (κ2) is 7.99. The molecule has 0 aromatic carbocycles. The lowest BCUT2D eigenvalue weighted by Gasteiger charge is -2.56. The van der Waals surface area contributed by atoms with E-state index in [1.54, 1.807) is 0 Å². The van der Waals surface area contributed by atoms with Crippen LogP contribution >= 0.6 is 0 Å². The van der Waals surface area contributed by atoms with Gasteiger partial charge in [0.2, 0.25) is 0 Å². The smallest absolute Gasteiger partial charge is 0.0569 e. The fourth-order valence-electron chi connectivity index (χ4n) is 8.93. The lowest BCUT2D eigenvalue weighted by atomic mass is 9.49. The van der Waals surface area contributed by atoms with Crippen LogP contribution in [-0.2, 0) is 0 Å². The number of hydrogen-bond acceptors (Lipinski definition) is 1. The Morgan fingerprint density at radius 2 is 1.72 bits per heavy atom. The molecule has 4 rings (SSSR count). The fourth-order valence-corrected chi connectivity index (χ4v) is 8.93. The van der Waals surface area contributed by atoms with E-state index in [0.29, 0.717) is 22.7 Å². The summed E-state index contributed by atoms with van der Waals surface area (Å²) >= 11 is 0. The van der Waals surface area contributed by atoms with E-state index in [4.69, 9.17) is 0 Å². The Kier molecular flexibility index (Phi) is 6.04. The first-order valence-electron chi connectivity index (χ1n) is 13.1. The van der Waals surface area contributed by atoms with Gasteiger partial charge in [0.25, 0.3) is 0 Å². The molecule has 0 saturated heterocycles. The molecule has 0 aromatic rings. The van der Waals surface area contributed by atoms with Gasteiger partial charge in [0.05, 0.1) is 6.10 Å². The van der Waals surface area contributed by atoms with E-state index in [-0.39, 0.29) is 6.10 Å². The van der Waals surface area contributed by atoms with Crippen LogP contribution in [-0.4, -0.2) is 11.2 Å². The Morgan fingerprint density at radius 3 is 2.45 bits per heavy atom. The number of allylic oxidation sites excluding steroid dienone is 2. The molecule has 1 N–H and O–H groups in total. The van der Waals surface area contributed by atoms with E-state index < -0.39 is 0 Å². The molecule has 1 heteroatoms. The average Bonchev–Trinajstić information content (AvgIpc) is 3.02. The van der Waals surface area contributed by atoms with E-state index in [1.165, 1.54) is 64.2 Å². The highest BCUT2D eigenvalue weighted by molar-refractivity contribution is 5.34. The van der Waals surface area contributed by atoms with Crippen molar-refractivity contribution in [2.75, 3.05) is 0 Å². The number of fused-ring (bicyclic) bond motifs is 4. The van der Waals surface area contributed by atoms with E-state index in [2.05, 4.69) is 41.5 Å². The van der Waals surface area contributed by atoms with E-state index in [9.17, 15) is 5.11 Å². The van der Waals surface area contributed by atoms with Gasteiger partial charge in [0.1, 0.15) is 0 Å². The SMILES string of the molecule is CC(C)CCC[C@@H](C)[C@H]1CC[C@@H]2C3=C(CC[C@@]21C)[C@]1(C)CC[C@@H](O)[C@@H](C)[C@@H]1CC3. The van der Waals surface area contributed by atoms with Crippen molar-refractivity contribution in [3.8, 4) is 0 Å². The molecule has 0 amide bonds. The Morgan fingerprint density at radius 1 is 0.966 bits per heavy atom. The normalized spacial score (nSPS) is 45.7. The molecule has 4 aliphatic carbocycles. The fraction of sp³-hybridized carbons (Fsp3) is 0.929. The van der Waals surface area contributed by atoms with Gasteiger partial charge in [0, 0.05) is 0 Å². The van der Waals surface area contributed by atoms with Gasteiger partial charge in [-0.1, -0.05) is 72.0 Å². The molecule has 2 saturated carbocycles. The molecule has 2 fully saturated rings. The number of hydrogen-bond donors (Lipinski definition) is 1. The van der Waals surface area contributed by atoms with Gasteiger partial charge >= 0.3 is 0 Å². The van der Waals surface area contributed by atoms with Gasteiger partial charge < -0.3 is 5.11 Å². The number of aliphatic hydroxyl groups excluding tert-OH is 1. The molecular formula is C28H48O. The molecule has 0 aromatic heterocycles. The molecular weight excluding hydrogens is 352 g/mol.